The summed E-state index contributed by atoms with van der Waals surface area (Å²) in [6.45, 7) is 6.47. The SMILES string of the molecule is CC(CN1CCCCC1)NC(=O)c1cn(CCN)cn1. The van der Waals surface area contributed by atoms with E-state index in [2.05, 4.69) is 15.2 Å². The van der Waals surface area contributed by atoms with Gasteiger partial charge in [-0.1, -0.05) is 6.42 Å². The molecule has 1 unspecified atom stereocenters. The van der Waals surface area contributed by atoms with Crippen molar-refractivity contribution < 1.29 is 4.79 Å². The second kappa shape index (κ2) is 7.40. The van der Waals surface area contributed by atoms with Gasteiger partial charge in [0.15, 0.2) is 0 Å². The molecular formula is C14H25N5O. The molecule has 1 aliphatic heterocycles. The molecule has 6 heteroatoms. The number of piperidine rings is 1. The van der Waals surface area contributed by atoms with Crippen LogP contribution in [0.4, 0.5) is 0 Å². The van der Waals surface area contributed by atoms with Crippen molar-refractivity contribution in [3.05, 3.63) is 18.2 Å². The summed E-state index contributed by atoms with van der Waals surface area (Å²) in [6, 6.07) is 0.139. The van der Waals surface area contributed by atoms with Crippen molar-refractivity contribution in [1.29, 1.82) is 0 Å². The first-order chi connectivity index (χ1) is 9.69. The van der Waals surface area contributed by atoms with E-state index in [-0.39, 0.29) is 11.9 Å². The van der Waals surface area contributed by atoms with E-state index in [0.29, 0.717) is 18.8 Å². The van der Waals surface area contributed by atoms with E-state index in [4.69, 9.17) is 5.73 Å². The Morgan fingerprint density at radius 3 is 2.90 bits per heavy atom. The number of likely N-dealkylation sites (tertiary alicyclic amines) is 1. The summed E-state index contributed by atoms with van der Waals surface area (Å²) in [4.78, 5) is 18.6. The molecule has 1 amide bonds. The Balaban J connectivity index is 1.80. The van der Waals surface area contributed by atoms with Crippen molar-refractivity contribution in [1.82, 2.24) is 19.8 Å². The number of carbonyl (C=O) groups is 1. The molecule has 0 radical (unpaired) electrons. The molecule has 0 aromatic carbocycles. The van der Waals surface area contributed by atoms with Crippen LogP contribution in [0, 0.1) is 0 Å². The fraction of sp³-hybridized carbons (Fsp3) is 0.714. The van der Waals surface area contributed by atoms with Gasteiger partial charge < -0.3 is 20.5 Å². The van der Waals surface area contributed by atoms with Crippen LogP contribution >= 0.6 is 0 Å². The van der Waals surface area contributed by atoms with Crippen LogP contribution in [0.15, 0.2) is 12.5 Å². The van der Waals surface area contributed by atoms with Crippen molar-refractivity contribution in [2.24, 2.45) is 5.73 Å². The normalized spacial score (nSPS) is 17.9. The Hall–Kier alpha value is -1.40. The standard InChI is InChI=1S/C14H25N5O/c1-12(9-18-6-3-2-4-7-18)17-14(20)13-10-19(8-5-15)11-16-13/h10-12H,2-9,15H2,1H3,(H,17,20). The number of hydrogen-bond donors (Lipinski definition) is 2. The average molecular weight is 279 g/mol. The number of imidazole rings is 1. The minimum Gasteiger partial charge on any atom is -0.347 e. The summed E-state index contributed by atoms with van der Waals surface area (Å²) >= 11 is 0. The molecule has 0 saturated carbocycles. The fourth-order valence-electron chi connectivity index (χ4n) is 2.62. The van der Waals surface area contributed by atoms with Gasteiger partial charge in [-0.3, -0.25) is 4.79 Å². The maximum atomic E-state index is 12.1. The third-order valence-corrected chi connectivity index (χ3v) is 3.61. The van der Waals surface area contributed by atoms with Gasteiger partial charge in [0.25, 0.3) is 5.91 Å². The lowest BCUT2D eigenvalue weighted by atomic mass is 10.1. The van der Waals surface area contributed by atoms with Crippen LogP contribution in [0.1, 0.15) is 36.7 Å². The average Bonchev–Trinajstić information content (AvgIpc) is 2.89. The molecule has 1 saturated heterocycles. The number of nitrogens with two attached hydrogens (primary N) is 1. The van der Waals surface area contributed by atoms with E-state index >= 15 is 0 Å². The highest BCUT2D eigenvalue weighted by Crippen LogP contribution is 2.09. The van der Waals surface area contributed by atoms with Crippen molar-refractivity contribution in [3.63, 3.8) is 0 Å². The highest BCUT2D eigenvalue weighted by Gasteiger charge is 2.16. The molecule has 0 spiro atoms. The van der Waals surface area contributed by atoms with Crippen LogP contribution in [0.2, 0.25) is 0 Å². The van der Waals surface area contributed by atoms with Crippen LogP contribution in [0.5, 0.6) is 0 Å². The zero-order valence-electron chi connectivity index (χ0n) is 12.2. The van der Waals surface area contributed by atoms with Gasteiger partial charge >= 0.3 is 0 Å². The molecule has 3 N–H and O–H groups in total. The number of hydrogen-bond acceptors (Lipinski definition) is 4. The predicted molar refractivity (Wildman–Crippen MR) is 78.5 cm³/mol. The lowest BCUT2D eigenvalue weighted by Crippen LogP contribution is -2.43. The molecule has 2 rings (SSSR count). The number of amides is 1. The molecule has 1 fully saturated rings. The Labute approximate surface area is 120 Å². The lowest BCUT2D eigenvalue weighted by Gasteiger charge is -2.29. The number of nitrogens with zero attached hydrogens (tertiary/aromatic N) is 3. The highest BCUT2D eigenvalue weighted by molar-refractivity contribution is 5.92. The van der Waals surface area contributed by atoms with Crippen molar-refractivity contribution in [3.8, 4) is 0 Å². The van der Waals surface area contributed by atoms with Gasteiger partial charge in [-0.15, -0.1) is 0 Å². The van der Waals surface area contributed by atoms with Crippen molar-refractivity contribution in [2.75, 3.05) is 26.2 Å². The Morgan fingerprint density at radius 2 is 2.20 bits per heavy atom. The topological polar surface area (TPSA) is 76.2 Å². The molecular weight excluding hydrogens is 254 g/mol. The van der Waals surface area contributed by atoms with Crippen molar-refractivity contribution >= 4 is 5.91 Å². The van der Waals surface area contributed by atoms with Gasteiger partial charge in [-0.05, 0) is 32.9 Å². The van der Waals surface area contributed by atoms with Crippen LogP contribution in [0.3, 0.4) is 0 Å². The number of rotatable bonds is 6. The lowest BCUT2D eigenvalue weighted by molar-refractivity contribution is 0.0921. The Kier molecular flexibility index (Phi) is 5.55. The van der Waals surface area contributed by atoms with Gasteiger partial charge in [0, 0.05) is 31.9 Å². The zero-order chi connectivity index (χ0) is 14.4. The van der Waals surface area contributed by atoms with Gasteiger partial charge in [0.05, 0.1) is 6.33 Å². The first-order valence-corrected chi connectivity index (χ1v) is 7.44. The molecule has 2 heterocycles. The zero-order valence-corrected chi connectivity index (χ0v) is 12.2. The second-order valence-corrected chi connectivity index (χ2v) is 5.52. The number of aromatic nitrogens is 2. The quantitative estimate of drug-likeness (QED) is 0.792. The summed E-state index contributed by atoms with van der Waals surface area (Å²) in [5, 5.41) is 3.01. The van der Waals surface area contributed by atoms with Crippen LogP contribution in [-0.2, 0) is 6.54 Å². The first kappa shape index (κ1) is 15.0. The molecule has 1 aromatic rings. The molecule has 20 heavy (non-hydrogen) atoms. The molecule has 1 aromatic heterocycles. The van der Waals surface area contributed by atoms with Gasteiger partial charge in [0.1, 0.15) is 5.69 Å². The van der Waals surface area contributed by atoms with Crippen LogP contribution in [0.25, 0.3) is 0 Å². The summed E-state index contributed by atoms with van der Waals surface area (Å²) in [7, 11) is 0. The smallest absolute Gasteiger partial charge is 0.271 e. The van der Waals surface area contributed by atoms with Crippen LogP contribution < -0.4 is 11.1 Å². The van der Waals surface area contributed by atoms with E-state index < -0.39 is 0 Å². The summed E-state index contributed by atoms with van der Waals surface area (Å²) in [5.74, 6) is -0.106. The number of nitrogens with one attached hydrogen (secondary N) is 1. The second-order valence-electron chi connectivity index (χ2n) is 5.52. The molecule has 0 bridgehead atoms. The maximum Gasteiger partial charge on any atom is 0.271 e. The van der Waals surface area contributed by atoms with E-state index in [1.165, 1.54) is 19.3 Å². The summed E-state index contributed by atoms with van der Waals surface area (Å²) in [6.07, 6.45) is 7.26. The van der Waals surface area contributed by atoms with Crippen LogP contribution in [-0.4, -0.2) is 52.6 Å². The largest absolute Gasteiger partial charge is 0.347 e. The minimum absolute atomic E-state index is 0.106. The van der Waals surface area contributed by atoms with Gasteiger partial charge in [-0.2, -0.15) is 0 Å². The van der Waals surface area contributed by atoms with E-state index in [1.807, 2.05) is 11.5 Å². The minimum atomic E-state index is -0.106. The Morgan fingerprint density at radius 1 is 1.45 bits per heavy atom. The third-order valence-electron chi connectivity index (χ3n) is 3.61. The number of carbonyl (C=O) groups excluding carboxylic acids is 1. The van der Waals surface area contributed by atoms with E-state index in [0.717, 1.165) is 19.6 Å². The maximum absolute atomic E-state index is 12.1. The summed E-state index contributed by atoms with van der Waals surface area (Å²) < 4.78 is 1.84. The predicted octanol–water partition coefficient (Wildman–Crippen LogP) is 0.446. The molecule has 1 aliphatic rings. The highest BCUT2D eigenvalue weighted by atomic mass is 16.2. The van der Waals surface area contributed by atoms with Gasteiger partial charge in [-0.25, -0.2) is 4.98 Å². The molecule has 0 aliphatic carbocycles. The first-order valence-electron chi connectivity index (χ1n) is 7.44. The fourth-order valence-corrected chi connectivity index (χ4v) is 2.62. The Bertz CT molecular complexity index is 425. The van der Waals surface area contributed by atoms with Gasteiger partial charge in [0.2, 0.25) is 0 Å². The van der Waals surface area contributed by atoms with Crippen molar-refractivity contribution in [2.45, 2.75) is 38.8 Å². The summed E-state index contributed by atoms with van der Waals surface area (Å²) in [5.41, 5.74) is 5.94. The third kappa shape index (κ3) is 4.31. The van der Waals surface area contributed by atoms with E-state index in [9.17, 15) is 4.79 Å². The molecule has 112 valence electrons. The molecule has 1 atom stereocenters. The molecule has 6 nitrogen and oxygen atoms in total. The monoisotopic (exact) mass is 279 g/mol. The van der Waals surface area contributed by atoms with E-state index in [1.54, 1.807) is 12.5 Å².